The van der Waals surface area contributed by atoms with Gasteiger partial charge in [0, 0.05) is 43.6 Å². The van der Waals surface area contributed by atoms with Gasteiger partial charge in [0.2, 0.25) is 0 Å². The van der Waals surface area contributed by atoms with Crippen molar-refractivity contribution in [3.8, 4) is 22.6 Å². The summed E-state index contributed by atoms with van der Waals surface area (Å²) < 4.78 is 7.85. The van der Waals surface area contributed by atoms with E-state index in [0.717, 1.165) is 33.7 Å². The number of aromatic nitrogens is 3. The molecule has 0 unspecified atom stereocenters. The van der Waals surface area contributed by atoms with Crippen LogP contribution in [0.15, 0.2) is 97.5 Å². The van der Waals surface area contributed by atoms with Gasteiger partial charge in [-0.15, -0.1) is 0 Å². The fraction of sp³-hybridized carbons (Fsp3) is 0.194. The number of carbonyl (C=O) groups is 1. The molecule has 0 radical (unpaired) electrons. The fourth-order valence-electron chi connectivity index (χ4n) is 5.06. The van der Waals surface area contributed by atoms with E-state index in [-0.39, 0.29) is 12.5 Å². The van der Waals surface area contributed by atoms with Gasteiger partial charge in [0.15, 0.2) is 12.3 Å². The Morgan fingerprint density at radius 1 is 0.842 bits per heavy atom. The van der Waals surface area contributed by atoms with E-state index in [9.17, 15) is 4.79 Å². The van der Waals surface area contributed by atoms with Crippen LogP contribution < -0.4 is 9.64 Å². The zero-order chi connectivity index (χ0) is 25.9. The third kappa shape index (κ3) is 4.59. The van der Waals surface area contributed by atoms with Gasteiger partial charge in [0.25, 0.3) is 5.91 Å². The van der Waals surface area contributed by atoms with E-state index in [2.05, 4.69) is 71.1 Å². The molecule has 1 aliphatic heterocycles. The largest absolute Gasteiger partial charge is 0.484 e. The van der Waals surface area contributed by atoms with Crippen LogP contribution >= 0.6 is 0 Å². The molecule has 1 saturated heterocycles. The first-order chi connectivity index (χ1) is 18.7. The third-order valence-electron chi connectivity index (χ3n) is 7.06. The summed E-state index contributed by atoms with van der Waals surface area (Å²) in [6, 6.07) is 28.2. The topological polar surface area (TPSA) is 63.5 Å². The maximum Gasteiger partial charge on any atom is 0.260 e. The lowest BCUT2D eigenvalue weighted by Gasteiger charge is -2.35. The van der Waals surface area contributed by atoms with E-state index in [1.165, 1.54) is 5.56 Å². The molecule has 0 N–H and O–H groups in total. The molecular weight excluding hydrogens is 474 g/mol. The van der Waals surface area contributed by atoms with Gasteiger partial charge in [-0.05, 0) is 36.2 Å². The van der Waals surface area contributed by atoms with Crippen molar-refractivity contribution in [1.82, 2.24) is 19.4 Å². The molecule has 2 aromatic heterocycles. The minimum Gasteiger partial charge on any atom is -0.484 e. The number of para-hydroxylation sites is 2. The summed E-state index contributed by atoms with van der Waals surface area (Å²) in [5.41, 5.74) is 5.35. The fourth-order valence-corrected chi connectivity index (χ4v) is 5.06. The van der Waals surface area contributed by atoms with Crippen LogP contribution in [-0.4, -0.2) is 58.1 Å². The minimum atomic E-state index is -0.00276. The molecule has 5 aromatic rings. The number of rotatable bonds is 6. The average molecular weight is 504 g/mol. The Kier molecular flexibility index (Phi) is 6.48. The van der Waals surface area contributed by atoms with Crippen molar-refractivity contribution >= 4 is 22.8 Å². The highest BCUT2D eigenvalue weighted by Gasteiger charge is 2.26. The Morgan fingerprint density at radius 3 is 2.26 bits per heavy atom. The van der Waals surface area contributed by atoms with Gasteiger partial charge in [-0.1, -0.05) is 66.7 Å². The van der Waals surface area contributed by atoms with Crippen LogP contribution in [0.1, 0.15) is 5.56 Å². The number of piperazine rings is 1. The molecule has 0 aliphatic carbocycles. The van der Waals surface area contributed by atoms with Crippen molar-refractivity contribution in [2.45, 2.75) is 6.92 Å². The number of anilines is 1. The predicted octanol–water partition coefficient (Wildman–Crippen LogP) is 5.12. The molecule has 190 valence electrons. The second-order valence-corrected chi connectivity index (χ2v) is 9.43. The Labute approximate surface area is 221 Å². The molecule has 0 bridgehead atoms. The number of hydrogen-bond acceptors (Lipinski definition) is 5. The molecule has 1 aliphatic rings. The smallest absolute Gasteiger partial charge is 0.260 e. The van der Waals surface area contributed by atoms with Crippen LogP contribution in [0.4, 0.5) is 5.82 Å². The van der Waals surface area contributed by atoms with Gasteiger partial charge in [-0.3, -0.25) is 4.79 Å². The van der Waals surface area contributed by atoms with Crippen LogP contribution in [-0.2, 0) is 4.79 Å². The number of fused-ring (bicyclic) bond motifs is 1. The molecule has 1 fully saturated rings. The minimum absolute atomic E-state index is 0.00276. The second-order valence-electron chi connectivity index (χ2n) is 9.43. The first-order valence-electron chi connectivity index (χ1n) is 12.9. The lowest BCUT2D eigenvalue weighted by atomic mass is 10.1. The number of ether oxygens (including phenoxy) is 1. The first kappa shape index (κ1) is 23.7. The molecule has 3 heterocycles. The van der Waals surface area contributed by atoms with Crippen LogP contribution in [0.3, 0.4) is 0 Å². The highest BCUT2D eigenvalue weighted by Crippen LogP contribution is 2.37. The molecular formula is C31H29N5O2. The zero-order valence-electron chi connectivity index (χ0n) is 21.3. The lowest BCUT2D eigenvalue weighted by Crippen LogP contribution is -2.50. The van der Waals surface area contributed by atoms with Crippen molar-refractivity contribution in [2.75, 3.05) is 37.7 Å². The molecule has 3 aromatic carbocycles. The molecule has 38 heavy (non-hydrogen) atoms. The van der Waals surface area contributed by atoms with Crippen molar-refractivity contribution < 1.29 is 9.53 Å². The number of amides is 1. The first-order valence-corrected chi connectivity index (χ1v) is 12.9. The van der Waals surface area contributed by atoms with Crippen LogP contribution in [0, 0.1) is 6.92 Å². The van der Waals surface area contributed by atoms with Crippen LogP contribution in [0.25, 0.3) is 27.8 Å². The van der Waals surface area contributed by atoms with Crippen molar-refractivity contribution in [3.05, 3.63) is 103 Å². The molecule has 6 rings (SSSR count). The summed E-state index contributed by atoms with van der Waals surface area (Å²) in [6.45, 7) is 4.76. The molecule has 0 spiro atoms. The highest BCUT2D eigenvalue weighted by atomic mass is 16.5. The summed E-state index contributed by atoms with van der Waals surface area (Å²) in [5, 5.41) is 1.02. The quantitative estimate of drug-likeness (QED) is 0.322. The number of carbonyl (C=O) groups excluding carboxylic acids is 1. The Bertz CT molecular complexity index is 1560. The zero-order valence-corrected chi connectivity index (χ0v) is 21.3. The number of hydrogen-bond donors (Lipinski definition) is 0. The summed E-state index contributed by atoms with van der Waals surface area (Å²) >= 11 is 0. The number of nitrogens with zero attached hydrogens (tertiary/aromatic N) is 5. The maximum absolute atomic E-state index is 12.8. The molecule has 0 saturated carbocycles. The third-order valence-corrected chi connectivity index (χ3v) is 7.06. The summed E-state index contributed by atoms with van der Waals surface area (Å²) in [4.78, 5) is 26.5. The predicted molar refractivity (Wildman–Crippen MR) is 150 cm³/mol. The van der Waals surface area contributed by atoms with Gasteiger partial charge in [0.1, 0.15) is 17.9 Å². The van der Waals surface area contributed by atoms with Gasteiger partial charge >= 0.3 is 0 Å². The van der Waals surface area contributed by atoms with Crippen LogP contribution in [0.2, 0.25) is 0 Å². The summed E-state index contributed by atoms with van der Waals surface area (Å²) in [7, 11) is 0. The Balaban J connectivity index is 1.30. The maximum atomic E-state index is 12.8. The van der Waals surface area contributed by atoms with Gasteiger partial charge < -0.3 is 19.1 Å². The molecule has 7 heteroatoms. The second kappa shape index (κ2) is 10.4. The number of benzene rings is 3. The molecule has 1 amide bonds. The van der Waals surface area contributed by atoms with Crippen molar-refractivity contribution in [2.24, 2.45) is 0 Å². The van der Waals surface area contributed by atoms with E-state index in [4.69, 9.17) is 14.7 Å². The number of aryl methyl sites for hydroxylation is 1. The molecule has 0 atom stereocenters. The monoisotopic (exact) mass is 503 g/mol. The molecule has 7 nitrogen and oxygen atoms in total. The van der Waals surface area contributed by atoms with Gasteiger partial charge in [-0.2, -0.15) is 0 Å². The van der Waals surface area contributed by atoms with Gasteiger partial charge in [-0.25, -0.2) is 9.97 Å². The van der Waals surface area contributed by atoms with Gasteiger partial charge in [0.05, 0.1) is 5.39 Å². The summed E-state index contributed by atoms with van der Waals surface area (Å²) in [5.74, 6) is 1.60. The standard InChI is InChI=1S/C31H29N5O2/c1-23-10-8-9-15-27(23)36-20-26(24-11-4-2-5-12-24)29-30(32-22-33-31(29)36)35-18-16-34(17-19-35)28(37)21-38-25-13-6-3-7-14-25/h2-15,20,22H,16-19,21H2,1H3. The van der Waals surface area contributed by atoms with E-state index in [0.29, 0.717) is 31.9 Å². The van der Waals surface area contributed by atoms with E-state index in [1.54, 1.807) is 6.33 Å². The van der Waals surface area contributed by atoms with Crippen molar-refractivity contribution in [3.63, 3.8) is 0 Å². The average Bonchev–Trinajstić information content (AvgIpc) is 3.37. The Hall–Kier alpha value is -4.65. The lowest BCUT2D eigenvalue weighted by molar-refractivity contribution is -0.133. The van der Waals surface area contributed by atoms with Crippen LogP contribution in [0.5, 0.6) is 5.75 Å². The SMILES string of the molecule is Cc1ccccc1-n1cc(-c2ccccc2)c2c(N3CCN(C(=O)COc4ccccc4)CC3)ncnc21. The Morgan fingerprint density at radius 2 is 1.53 bits per heavy atom. The normalized spacial score (nSPS) is 13.6. The van der Waals surface area contributed by atoms with E-state index >= 15 is 0 Å². The van der Waals surface area contributed by atoms with E-state index in [1.807, 2.05) is 41.3 Å². The van der Waals surface area contributed by atoms with E-state index < -0.39 is 0 Å². The van der Waals surface area contributed by atoms with Crippen molar-refractivity contribution in [1.29, 1.82) is 0 Å². The summed E-state index contributed by atoms with van der Waals surface area (Å²) in [6.07, 6.45) is 3.81. The highest BCUT2D eigenvalue weighted by molar-refractivity contribution is 6.02.